The Bertz CT molecular complexity index is 388. The maximum absolute atomic E-state index is 9.52. The van der Waals surface area contributed by atoms with Gasteiger partial charge in [0.05, 0.1) is 6.10 Å². The normalized spacial score (nSPS) is 20.7. The zero-order valence-corrected chi connectivity index (χ0v) is 10.6. The topological polar surface area (TPSA) is 61.3 Å². The van der Waals surface area contributed by atoms with Crippen LogP contribution in [0.25, 0.3) is 0 Å². The zero-order chi connectivity index (χ0) is 12.5. The first-order valence-electron chi connectivity index (χ1n) is 5.97. The molecule has 0 spiro atoms. The number of hydrogen-bond donors (Lipinski definition) is 2. The van der Waals surface area contributed by atoms with Crippen LogP contribution >= 0.6 is 0 Å². The molecule has 2 rings (SSSR count). The van der Waals surface area contributed by atoms with E-state index >= 15 is 0 Å². The zero-order valence-electron chi connectivity index (χ0n) is 10.6. The second-order valence-corrected chi connectivity index (χ2v) is 5.52. The van der Waals surface area contributed by atoms with Gasteiger partial charge in [-0.2, -0.15) is 0 Å². The van der Waals surface area contributed by atoms with Gasteiger partial charge in [-0.05, 0) is 27.2 Å². The minimum atomic E-state index is -0.232. The van der Waals surface area contributed by atoms with Gasteiger partial charge in [0, 0.05) is 24.7 Å². The van der Waals surface area contributed by atoms with Crippen LogP contribution in [0, 0.1) is 0 Å². The molecule has 1 atom stereocenters. The molecule has 1 aromatic rings. The number of rotatable bonds is 2. The summed E-state index contributed by atoms with van der Waals surface area (Å²) < 4.78 is 0. The number of nitrogens with one attached hydrogen (secondary N) is 1. The highest BCUT2D eigenvalue weighted by Gasteiger charge is 2.22. The average molecular weight is 236 g/mol. The van der Waals surface area contributed by atoms with Crippen molar-refractivity contribution in [1.29, 1.82) is 0 Å². The van der Waals surface area contributed by atoms with Crippen LogP contribution in [0.15, 0.2) is 12.4 Å². The van der Waals surface area contributed by atoms with Gasteiger partial charge in [0.15, 0.2) is 0 Å². The molecule has 1 aliphatic rings. The summed E-state index contributed by atoms with van der Waals surface area (Å²) >= 11 is 0. The predicted molar refractivity (Wildman–Crippen MR) is 68.2 cm³/mol. The van der Waals surface area contributed by atoms with E-state index in [4.69, 9.17) is 0 Å². The Morgan fingerprint density at radius 2 is 2.18 bits per heavy atom. The van der Waals surface area contributed by atoms with Gasteiger partial charge in [0.1, 0.15) is 18.0 Å². The number of aliphatic hydroxyl groups excluding tert-OH is 1. The average Bonchev–Trinajstić information content (AvgIpc) is 2.63. The number of anilines is 2. The van der Waals surface area contributed by atoms with Crippen LogP contribution in [0.1, 0.15) is 27.2 Å². The van der Waals surface area contributed by atoms with Gasteiger partial charge in [-0.3, -0.25) is 0 Å². The molecule has 2 heterocycles. The summed E-state index contributed by atoms with van der Waals surface area (Å²) in [5.41, 5.74) is -0.0177. The summed E-state index contributed by atoms with van der Waals surface area (Å²) in [6.45, 7) is 7.79. The molecule has 1 aromatic heterocycles. The first kappa shape index (κ1) is 12.1. The Morgan fingerprint density at radius 1 is 1.41 bits per heavy atom. The maximum atomic E-state index is 9.52. The lowest BCUT2D eigenvalue weighted by molar-refractivity contribution is 0.198. The molecule has 0 radical (unpaired) electrons. The lowest BCUT2D eigenvalue weighted by Gasteiger charge is -2.22. The summed E-state index contributed by atoms with van der Waals surface area (Å²) in [6, 6.07) is 1.93. The highest BCUT2D eigenvalue weighted by Crippen LogP contribution is 2.21. The van der Waals surface area contributed by atoms with E-state index in [1.165, 1.54) is 0 Å². The van der Waals surface area contributed by atoms with Crippen molar-refractivity contribution in [1.82, 2.24) is 9.97 Å². The second-order valence-electron chi connectivity index (χ2n) is 5.52. The second kappa shape index (κ2) is 4.49. The number of hydrogen-bond acceptors (Lipinski definition) is 5. The van der Waals surface area contributed by atoms with Gasteiger partial charge in [0.2, 0.25) is 0 Å². The molecule has 94 valence electrons. The molecular weight excluding hydrogens is 216 g/mol. The van der Waals surface area contributed by atoms with Crippen molar-refractivity contribution in [2.75, 3.05) is 23.3 Å². The van der Waals surface area contributed by atoms with Crippen molar-refractivity contribution >= 4 is 11.6 Å². The van der Waals surface area contributed by atoms with E-state index in [0.29, 0.717) is 6.54 Å². The van der Waals surface area contributed by atoms with Gasteiger partial charge in [-0.1, -0.05) is 0 Å². The monoisotopic (exact) mass is 236 g/mol. The molecular formula is C12H20N4O. The molecule has 2 N–H and O–H groups in total. The van der Waals surface area contributed by atoms with Crippen LogP contribution in [0.4, 0.5) is 11.6 Å². The van der Waals surface area contributed by atoms with Crippen molar-refractivity contribution in [3.63, 3.8) is 0 Å². The fraction of sp³-hybridized carbons (Fsp3) is 0.667. The summed E-state index contributed by atoms with van der Waals surface area (Å²) in [4.78, 5) is 10.5. The van der Waals surface area contributed by atoms with Crippen LogP contribution in [-0.4, -0.2) is 39.8 Å². The SMILES string of the molecule is CC(C)(C)Nc1cc(N2CCC(O)C2)ncn1. The third-order valence-corrected chi connectivity index (χ3v) is 2.64. The van der Waals surface area contributed by atoms with Crippen LogP contribution < -0.4 is 10.2 Å². The van der Waals surface area contributed by atoms with Crippen LogP contribution in [-0.2, 0) is 0 Å². The fourth-order valence-corrected chi connectivity index (χ4v) is 1.92. The quantitative estimate of drug-likeness (QED) is 0.809. The summed E-state index contributed by atoms with van der Waals surface area (Å²) in [5.74, 6) is 1.70. The molecule has 5 nitrogen and oxygen atoms in total. The smallest absolute Gasteiger partial charge is 0.134 e. The van der Waals surface area contributed by atoms with E-state index in [1.807, 2.05) is 6.07 Å². The van der Waals surface area contributed by atoms with Crippen molar-refractivity contribution in [2.45, 2.75) is 38.8 Å². The van der Waals surface area contributed by atoms with Crippen molar-refractivity contribution in [2.24, 2.45) is 0 Å². The lowest BCUT2D eigenvalue weighted by atomic mass is 10.1. The predicted octanol–water partition coefficient (Wildman–Crippen LogP) is 1.26. The van der Waals surface area contributed by atoms with E-state index in [2.05, 4.69) is 41.0 Å². The summed E-state index contributed by atoms with van der Waals surface area (Å²) in [7, 11) is 0. The molecule has 1 saturated heterocycles. The number of β-amino-alcohol motifs (C(OH)–C–C–N with tert-alkyl or cyclic N) is 1. The third kappa shape index (κ3) is 3.30. The fourth-order valence-electron chi connectivity index (χ4n) is 1.92. The van der Waals surface area contributed by atoms with Gasteiger partial charge in [-0.25, -0.2) is 9.97 Å². The van der Waals surface area contributed by atoms with Crippen molar-refractivity contribution < 1.29 is 5.11 Å². The van der Waals surface area contributed by atoms with Crippen molar-refractivity contribution in [3.05, 3.63) is 12.4 Å². The minimum absolute atomic E-state index is 0.0177. The first-order chi connectivity index (χ1) is 7.94. The van der Waals surface area contributed by atoms with Gasteiger partial charge in [-0.15, -0.1) is 0 Å². The highest BCUT2D eigenvalue weighted by atomic mass is 16.3. The van der Waals surface area contributed by atoms with E-state index < -0.39 is 0 Å². The summed E-state index contributed by atoms with van der Waals surface area (Å²) in [5, 5.41) is 12.8. The van der Waals surface area contributed by atoms with E-state index in [0.717, 1.165) is 24.6 Å². The maximum Gasteiger partial charge on any atom is 0.134 e. The minimum Gasteiger partial charge on any atom is -0.391 e. The Kier molecular flexibility index (Phi) is 3.19. The van der Waals surface area contributed by atoms with Crippen LogP contribution in [0.5, 0.6) is 0 Å². The third-order valence-electron chi connectivity index (χ3n) is 2.64. The molecule has 0 aliphatic carbocycles. The molecule has 1 fully saturated rings. The number of aliphatic hydroxyl groups is 1. The van der Waals surface area contributed by atoms with E-state index in [9.17, 15) is 5.11 Å². The molecule has 17 heavy (non-hydrogen) atoms. The lowest BCUT2D eigenvalue weighted by Crippen LogP contribution is -2.27. The van der Waals surface area contributed by atoms with Gasteiger partial charge < -0.3 is 15.3 Å². The van der Waals surface area contributed by atoms with E-state index in [-0.39, 0.29) is 11.6 Å². The molecule has 5 heteroatoms. The number of nitrogens with zero attached hydrogens (tertiary/aromatic N) is 3. The molecule has 0 aromatic carbocycles. The standard InChI is InChI=1S/C12H20N4O/c1-12(2,3)15-10-6-11(14-8-13-10)16-5-4-9(17)7-16/h6,8-9,17H,4-5,7H2,1-3H3,(H,13,14,15). The van der Waals surface area contributed by atoms with Crippen LogP contribution in [0.3, 0.4) is 0 Å². The largest absolute Gasteiger partial charge is 0.391 e. The molecule has 1 unspecified atom stereocenters. The van der Waals surface area contributed by atoms with Gasteiger partial charge >= 0.3 is 0 Å². The molecule has 0 bridgehead atoms. The summed E-state index contributed by atoms with van der Waals surface area (Å²) in [6.07, 6.45) is 2.14. The van der Waals surface area contributed by atoms with Gasteiger partial charge in [0.25, 0.3) is 0 Å². The van der Waals surface area contributed by atoms with Crippen LogP contribution in [0.2, 0.25) is 0 Å². The molecule has 0 saturated carbocycles. The Labute approximate surface area is 102 Å². The Hall–Kier alpha value is -1.36. The Balaban J connectivity index is 2.11. The molecule has 1 aliphatic heterocycles. The highest BCUT2D eigenvalue weighted by molar-refractivity contribution is 5.50. The molecule has 0 amide bonds. The first-order valence-corrected chi connectivity index (χ1v) is 5.97. The Morgan fingerprint density at radius 3 is 2.76 bits per heavy atom. The van der Waals surface area contributed by atoms with Crippen molar-refractivity contribution in [3.8, 4) is 0 Å². The number of aromatic nitrogens is 2. The van der Waals surface area contributed by atoms with E-state index in [1.54, 1.807) is 6.33 Å².